The van der Waals surface area contributed by atoms with Crippen molar-refractivity contribution in [3.63, 3.8) is 0 Å². The lowest BCUT2D eigenvalue weighted by Gasteiger charge is -2.36. The number of nitrogens with zero attached hydrogens (tertiary/aromatic N) is 4. The fraction of sp³-hybridized carbons (Fsp3) is 0.500. The van der Waals surface area contributed by atoms with Crippen molar-refractivity contribution >= 4 is 17.5 Å². The standard InChI is InChI=1S/C18H23ClN4O2/c1-13(2)22-9-11-23(12-10-22)17(24)8-7-16-20-18(21-25-16)14-3-5-15(19)6-4-14/h3-6,13H,7-12H2,1-2H3. The molecule has 1 amide bonds. The zero-order valence-corrected chi connectivity index (χ0v) is 15.4. The van der Waals surface area contributed by atoms with E-state index in [4.69, 9.17) is 16.1 Å². The van der Waals surface area contributed by atoms with Crippen LogP contribution in [0.5, 0.6) is 0 Å². The minimum absolute atomic E-state index is 0.148. The Morgan fingerprint density at radius 3 is 2.52 bits per heavy atom. The molecule has 6 nitrogen and oxygen atoms in total. The van der Waals surface area contributed by atoms with Gasteiger partial charge >= 0.3 is 0 Å². The molecule has 0 radical (unpaired) electrons. The van der Waals surface area contributed by atoms with Crippen molar-refractivity contribution in [1.29, 1.82) is 0 Å². The maximum atomic E-state index is 12.4. The van der Waals surface area contributed by atoms with Crippen LogP contribution >= 0.6 is 11.6 Å². The molecule has 2 heterocycles. The van der Waals surface area contributed by atoms with Gasteiger partial charge in [0.15, 0.2) is 0 Å². The van der Waals surface area contributed by atoms with Gasteiger partial charge in [0.1, 0.15) is 0 Å². The van der Waals surface area contributed by atoms with E-state index in [9.17, 15) is 4.79 Å². The maximum Gasteiger partial charge on any atom is 0.227 e. The zero-order chi connectivity index (χ0) is 17.8. The number of aryl methyl sites for hydroxylation is 1. The van der Waals surface area contributed by atoms with Crippen LogP contribution in [0.25, 0.3) is 11.4 Å². The molecule has 0 N–H and O–H groups in total. The molecule has 1 aromatic carbocycles. The number of hydrogen-bond donors (Lipinski definition) is 0. The first-order chi connectivity index (χ1) is 12.0. The highest BCUT2D eigenvalue weighted by Gasteiger charge is 2.22. The minimum atomic E-state index is 0.148. The van der Waals surface area contributed by atoms with Crippen LogP contribution in [0.4, 0.5) is 0 Å². The summed E-state index contributed by atoms with van der Waals surface area (Å²) in [7, 11) is 0. The second kappa shape index (κ2) is 7.97. The van der Waals surface area contributed by atoms with E-state index in [0.29, 0.717) is 35.6 Å². The Kier molecular flexibility index (Phi) is 5.71. The number of piperazine rings is 1. The molecule has 0 atom stereocenters. The van der Waals surface area contributed by atoms with E-state index in [1.165, 1.54) is 0 Å². The molecule has 0 spiro atoms. The molecule has 1 saturated heterocycles. The van der Waals surface area contributed by atoms with Gasteiger partial charge in [-0.15, -0.1) is 0 Å². The van der Waals surface area contributed by atoms with Gasteiger partial charge < -0.3 is 9.42 Å². The number of aromatic nitrogens is 2. The van der Waals surface area contributed by atoms with Crippen molar-refractivity contribution in [2.75, 3.05) is 26.2 Å². The lowest BCUT2D eigenvalue weighted by atomic mass is 10.2. The summed E-state index contributed by atoms with van der Waals surface area (Å²) in [6.07, 6.45) is 0.855. The minimum Gasteiger partial charge on any atom is -0.340 e. The summed E-state index contributed by atoms with van der Waals surface area (Å²) in [4.78, 5) is 21.0. The number of rotatable bonds is 5. The third-order valence-corrected chi connectivity index (χ3v) is 4.77. The number of amides is 1. The van der Waals surface area contributed by atoms with E-state index in [2.05, 4.69) is 28.9 Å². The summed E-state index contributed by atoms with van der Waals surface area (Å²) < 4.78 is 5.26. The molecule has 2 aromatic rings. The van der Waals surface area contributed by atoms with Crippen molar-refractivity contribution < 1.29 is 9.32 Å². The molecule has 0 bridgehead atoms. The van der Waals surface area contributed by atoms with Crippen molar-refractivity contribution in [1.82, 2.24) is 19.9 Å². The van der Waals surface area contributed by atoms with Crippen LogP contribution in [0, 0.1) is 0 Å². The zero-order valence-electron chi connectivity index (χ0n) is 14.6. The van der Waals surface area contributed by atoms with Gasteiger partial charge in [0.2, 0.25) is 17.6 Å². The second-order valence-electron chi connectivity index (χ2n) is 6.53. The SMILES string of the molecule is CC(C)N1CCN(C(=O)CCc2nc(-c3ccc(Cl)cc3)no2)CC1. The summed E-state index contributed by atoms with van der Waals surface area (Å²) >= 11 is 5.88. The Labute approximate surface area is 152 Å². The molecule has 1 aromatic heterocycles. The highest BCUT2D eigenvalue weighted by Crippen LogP contribution is 2.19. The first-order valence-electron chi connectivity index (χ1n) is 8.63. The largest absolute Gasteiger partial charge is 0.340 e. The molecule has 1 aliphatic heterocycles. The second-order valence-corrected chi connectivity index (χ2v) is 6.97. The van der Waals surface area contributed by atoms with Crippen LogP contribution in [0.15, 0.2) is 28.8 Å². The highest BCUT2D eigenvalue weighted by molar-refractivity contribution is 6.30. The number of halogens is 1. The fourth-order valence-corrected chi connectivity index (χ4v) is 3.06. The monoisotopic (exact) mass is 362 g/mol. The summed E-state index contributed by atoms with van der Waals surface area (Å²) in [5.74, 6) is 1.15. The van der Waals surface area contributed by atoms with Gasteiger partial charge in [0, 0.05) is 55.6 Å². The maximum absolute atomic E-state index is 12.4. The Hall–Kier alpha value is -1.92. The van der Waals surface area contributed by atoms with Gasteiger partial charge in [0.05, 0.1) is 0 Å². The molecular weight excluding hydrogens is 340 g/mol. The molecule has 0 unspecified atom stereocenters. The van der Waals surface area contributed by atoms with Gasteiger partial charge in [-0.05, 0) is 38.1 Å². The quantitative estimate of drug-likeness (QED) is 0.818. The van der Waals surface area contributed by atoms with E-state index in [0.717, 1.165) is 31.7 Å². The summed E-state index contributed by atoms with van der Waals surface area (Å²) in [6.45, 7) is 7.82. The Balaban J connectivity index is 1.51. The molecule has 25 heavy (non-hydrogen) atoms. The van der Waals surface area contributed by atoms with Crippen molar-refractivity contribution in [2.24, 2.45) is 0 Å². The van der Waals surface area contributed by atoms with Crippen molar-refractivity contribution in [3.8, 4) is 11.4 Å². The van der Waals surface area contributed by atoms with Crippen molar-refractivity contribution in [2.45, 2.75) is 32.7 Å². The lowest BCUT2D eigenvalue weighted by Crippen LogP contribution is -2.50. The molecule has 1 fully saturated rings. The first kappa shape index (κ1) is 17.9. The van der Waals surface area contributed by atoms with Crippen LogP contribution in [0.1, 0.15) is 26.2 Å². The van der Waals surface area contributed by atoms with Crippen LogP contribution in [-0.4, -0.2) is 58.1 Å². The molecule has 3 rings (SSSR count). The van der Waals surface area contributed by atoms with Gasteiger partial charge in [-0.3, -0.25) is 9.69 Å². The Morgan fingerprint density at radius 2 is 1.88 bits per heavy atom. The summed E-state index contributed by atoms with van der Waals surface area (Å²) in [6, 6.07) is 7.79. The third kappa shape index (κ3) is 4.58. The average Bonchev–Trinajstić information content (AvgIpc) is 3.09. The fourth-order valence-electron chi connectivity index (χ4n) is 2.93. The van der Waals surface area contributed by atoms with Gasteiger partial charge in [-0.2, -0.15) is 4.98 Å². The predicted octanol–water partition coefficient (Wildman–Crippen LogP) is 2.88. The van der Waals surface area contributed by atoms with E-state index in [1.54, 1.807) is 12.1 Å². The first-order valence-corrected chi connectivity index (χ1v) is 9.01. The highest BCUT2D eigenvalue weighted by atomic mass is 35.5. The topological polar surface area (TPSA) is 62.5 Å². The Bertz CT molecular complexity index is 706. The molecule has 7 heteroatoms. The van der Waals surface area contributed by atoms with Crippen LogP contribution in [0.2, 0.25) is 5.02 Å². The van der Waals surface area contributed by atoms with E-state index in [-0.39, 0.29) is 5.91 Å². The van der Waals surface area contributed by atoms with Crippen LogP contribution in [-0.2, 0) is 11.2 Å². The van der Waals surface area contributed by atoms with E-state index >= 15 is 0 Å². The molecule has 134 valence electrons. The van der Waals surface area contributed by atoms with Gasteiger partial charge in [0.25, 0.3) is 0 Å². The van der Waals surface area contributed by atoms with Crippen molar-refractivity contribution in [3.05, 3.63) is 35.2 Å². The number of carbonyl (C=O) groups excluding carboxylic acids is 1. The third-order valence-electron chi connectivity index (χ3n) is 4.52. The Morgan fingerprint density at radius 1 is 1.20 bits per heavy atom. The molecule has 1 aliphatic rings. The normalized spacial score (nSPS) is 15.8. The van der Waals surface area contributed by atoms with Gasteiger partial charge in [-0.1, -0.05) is 16.8 Å². The van der Waals surface area contributed by atoms with E-state index < -0.39 is 0 Å². The number of benzene rings is 1. The predicted molar refractivity (Wildman–Crippen MR) is 96.4 cm³/mol. The molecule has 0 aliphatic carbocycles. The molecular formula is C18H23ClN4O2. The number of hydrogen-bond acceptors (Lipinski definition) is 5. The van der Waals surface area contributed by atoms with E-state index in [1.807, 2.05) is 17.0 Å². The lowest BCUT2D eigenvalue weighted by molar-refractivity contribution is -0.133. The molecule has 0 saturated carbocycles. The van der Waals surface area contributed by atoms with Crippen LogP contribution in [0.3, 0.4) is 0 Å². The van der Waals surface area contributed by atoms with Gasteiger partial charge in [-0.25, -0.2) is 0 Å². The number of carbonyl (C=O) groups is 1. The summed E-state index contributed by atoms with van der Waals surface area (Å²) in [5, 5.41) is 4.64. The summed E-state index contributed by atoms with van der Waals surface area (Å²) in [5.41, 5.74) is 0.843. The van der Waals surface area contributed by atoms with Crippen LogP contribution < -0.4 is 0 Å². The smallest absolute Gasteiger partial charge is 0.227 e. The average molecular weight is 363 g/mol.